The third-order valence-corrected chi connectivity index (χ3v) is 6.41. The van der Waals surface area contributed by atoms with Crippen LogP contribution in [0.3, 0.4) is 0 Å². The minimum Gasteiger partial charge on any atom is -0.508 e. The molecule has 0 saturated heterocycles. The first-order valence-electron chi connectivity index (χ1n) is 9.07. The Kier molecular flexibility index (Phi) is 3.95. The monoisotopic (exact) mass is 417 g/mol. The normalized spacial score (nSPS) is 35.7. The molecule has 1 saturated carbocycles. The van der Waals surface area contributed by atoms with E-state index in [4.69, 9.17) is 5.73 Å². The number of amides is 1. The highest BCUT2D eigenvalue weighted by Gasteiger charge is 2.67. The second kappa shape index (κ2) is 5.91. The molecule has 1 aromatic carbocycles. The summed E-state index contributed by atoms with van der Waals surface area (Å²) in [5.74, 6) is -9.38. The summed E-state index contributed by atoms with van der Waals surface area (Å²) in [6.07, 6.45) is -2.50. The third kappa shape index (κ3) is 2.15. The Bertz CT molecular complexity index is 1100. The average molecular weight is 417 g/mol. The molecule has 0 aliphatic heterocycles. The van der Waals surface area contributed by atoms with Crippen LogP contribution in [-0.4, -0.2) is 59.8 Å². The maximum atomic E-state index is 13.3. The van der Waals surface area contributed by atoms with Gasteiger partial charge in [-0.15, -0.1) is 0 Å². The number of nitrogens with two attached hydrogens (primary N) is 1. The van der Waals surface area contributed by atoms with Crippen molar-refractivity contribution in [2.45, 2.75) is 30.7 Å². The molecule has 0 bridgehead atoms. The van der Waals surface area contributed by atoms with Crippen LogP contribution in [0.25, 0.3) is 5.76 Å². The van der Waals surface area contributed by atoms with Crippen LogP contribution in [0.2, 0.25) is 0 Å². The van der Waals surface area contributed by atoms with E-state index in [9.17, 15) is 45.0 Å². The third-order valence-electron chi connectivity index (χ3n) is 6.41. The number of phenolic OH excluding ortho intramolecular Hbond substituents is 1. The maximum Gasteiger partial charge on any atom is 0.255 e. The van der Waals surface area contributed by atoms with Gasteiger partial charge in [-0.1, -0.05) is 12.1 Å². The Morgan fingerprint density at radius 1 is 1.17 bits per heavy atom. The van der Waals surface area contributed by atoms with Gasteiger partial charge in [-0.3, -0.25) is 14.4 Å². The summed E-state index contributed by atoms with van der Waals surface area (Å²) < 4.78 is 0. The fourth-order valence-corrected chi connectivity index (χ4v) is 4.98. The number of carbonyl (C=O) groups excluding carboxylic acids is 3. The molecule has 10 nitrogen and oxygen atoms in total. The number of fused-ring (bicyclic) bond motifs is 3. The predicted molar refractivity (Wildman–Crippen MR) is 98.6 cm³/mol. The van der Waals surface area contributed by atoms with Gasteiger partial charge in [0.2, 0.25) is 5.78 Å². The van der Waals surface area contributed by atoms with E-state index in [0.29, 0.717) is 0 Å². The first kappa shape index (κ1) is 20.1. The maximum absolute atomic E-state index is 13.3. The fraction of sp³-hybridized carbons (Fsp3) is 0.350. The van der Waals surface area contributed by atoms with Crippen molar-refractivity contribution in [1.82, 2.24) is 0 Å². The molecule has 4 rings (SSSR count). The lowest BCUT2D eigenvalue weighted by molar-refractivity contribution is -0.172. The molecule has 0 spiro atoms. The van der Waals surface area contributed by atoms with E-state index in [2.05, 4.69) is 0 Å². The molecule has 3 aliphatic carbocycles. The summed E-state index contributed by atoms with van der Waals surface area (Å²) in [4.78, 5) is 37.3. The summed E-state index contributed by atoms with van der Waals surface area (Å²) in [6, 6.07) is 3.98. The number of aliphatic hydroxyl groups excluding tert-OH is 3. The van der Waals surface area contributed by atoms with Crippen molar-refractivity contribution in [3.63, 3.8) is 0 Å². The van der Waals surface area contributed by atoms with E-state index in [1.165, 1.54) is 25.1 Å². The number of hydrogen-bond donors (Lipinski definition) is 7. The van der Waals surface area contributed by atoms with Gasteiger partial charge in [-0.05, 0) is 18.6 Å². The lowest BCUT2D eigenvalue weighted by Gasteiger charge is -2.52. The minimum absolute atomic E-state index is 0.0192. The highest BCUT2D eigenvalue weighted by molar-refractivity contribution is 6.23. The lowest BCUT2D eigenvalue weighted by atomic mass is 9.54. The molecule has 1 fully saturated rings. The van der Waals surface area contributed by atoms with Gasteiger partial charge in [-0.25, -0.2) is 0 Å². The van der Waals surface area contributed by atoms with Gasteiger partial charge >= 0.3 is 0 Å². The van der Waals surface area contributed by atoms with Crippen molar-refractivity contribution in [2.24, 2.45) is 17.6 Å². The number of benzene rings is 1. The molecule has 30 heavy (non-hydrogen) atoms. The predicted octanol–water partition coefficient (Wildman–Crippen LogP) is -0.940. The largest absolute Gasteiger partial charge is 0.508 e. The summed E-state index contributed by atoms with van der Waals surface area (Å²) in [5, 5.41) is 64.8. The van der Waals surface area contributed by atoms with Gasteiger partial charge in [0.25, 0.3) is 5.91 Å². The first-order chi connectivity index (χ1) is 13.9. The Morgan fingerprint density at radius 2 is 1.80 bits per heavy atom. The number of rotatable bonds is 1. The Hall–Kier alpha value is -3.21. The van der Waals surface area contributed by atoms with Gasteiger partial charge in [0, 0.05) is 12.3 Å². The number of phenols is 1. The van der Waals surface area contributed by atoms with Crippen LogP contribution < -0.4 is 5.73 Å². The van der Waals surface area contributed by atoms with E-state index in [1.54, 1.807) is 0 Å². The molecule has 1 amide bonds. The minimum atomic E-state index is -2.94. The van der Waals surface area contributed by atoms with E-state index in [0.717, 1.165) is 0 Å². The number of carbonyl (C=O) groups is 3. The van der Waals surface area contributed by atoms with Crippen LogP contribution >= 0.6 is 0 Å². The second-order valence-corrected chi connectivity index (χ2v) is 7.99. The molecule has 10 heteroatoms. The molecule has 0 radical (unpaired) electrons. The van der Waals surface area contributed by atoms with Crippen molar-refractivity contribution < 1.29 is 45.0 Å². The molecule has 158 valence electrons. The van der Waals surface area contributed by atoms with Gasteiger partial charge < -0.3 is 36.4 Å². The van der Waals surface area contributed by atoms with Crippen molar-refractivity contribution in [1.29, 1.82) is 0 Å². The second-order valence-electron chi connectivity index (χ2n) is 7.99. The van der Waals surface area contributed by atoms with Crippen LogP contribution in [0, 0.1) is 11.8 Å². The molecular weight excluding hydrogens is 398 g/mol. The van der Waals surface area contributed by atoms with Crippen LogP contribution in [0.1, 0.15) is 24.5 Å². The van der Waals surface area contributed by atoms with Gasteiger partial charge in [0.15, 0.2) is 11.4 Å². The van der Waals surface area contributed by atoms with Crippen molar-refractivity contribution in [3.8, 4) is 5.75 Å². The van der Waals surface area contributed by atoms with Crippen LogP contribution in [0.5, 0.6) is 5.75 Å². The molecule has 8 N–H and O–H groups in total. The zero-order valence-corrected chi connectivity index (χ0v) is 15.7. The molecule has 5 atom stereocenters. The average Bonchev–Trinajstić information content (AvgIpc) is 2.65. The molecule has 3 aliphatic rings. The quantitative estimate of drug-likeness (QED) is 0.282. The van der Waals surface area contributed by atoms with Gasteiger partial charge in [0.1, 0.15) is 22.8 Å². The van der Waals surface area contributed by atoms with E-state index < -0.39 is 81.5 Å². The Balaban J connectivity index is 2.06. The standard InChI is InChI=1S/C20H19NO9/c1-19(29)6-3-2-4-8(22)10(6)15(25)12-13(19)14(24)7-5-9(23)11(18(21)28)16(26)20(7,30)17(12)27/h2-4,7,13-14,22,24-26,29-30H,5H2,1H3,(H2,21,28)/t7-,13-,14?,19-,20-/m1/s1. The number of ketones is 2. The van der Waals surface area contributed by atoms with E-state index >= 15 is 0 Å². The van der Waals surface area contributed by atoms with Crippen molar-refractivity contribution in [3.05, 3.63) is 46.2 Å². The number of aliphatic hydroxyl groups is 5. The molecule has 1 aromatic rings. The van der Waals surface area contributed by atoms with Crippen LogP contribution in [-0.2, 0) is 20.0 Å². The van der Waals surface area contributed by atoms with Crippen LogP contribution in [0.4, 0.5) is 0 Å². The van der Waals surface area contributed by atoms with E-state index in [1.807, 2.05) is 0 Å². The Morgan fingerprint density at radius 3 is 2.40 bits per heavy atom. The van der Waals surface area contributed by atoms with Gasteiger partial charge in [0.05, 0.1) is 28.8 Å². The summed E-state index contributed by atoms with van der Waals surface area (Å²) in [5.41, 5.74) is -1.72. The molecule has 0 heterocycles. The number of primary amides is 1. The van der Waals surface area contributed by atoms with Crippen LogP contribution in [0.15, 0.2) is 35.1 Å². The SMILES string of the molecule is C[C@@]1(O)c2cccc(O)c2C(O)=C2C(=O)[C@]3(O)C(O)=C(C(N)=O)C(=O)C[C@@H]3C(O)[C@@H]21. The molecule has 0 aromatic heterocycles. The highest BCUT2D eigenvalue weighted by Crippen LogP contribution is 2.56. The summed E-state index contributed by atoms with van der Waals surface area (Å²) in [6.45, 7) is 1.25. The number of hydrogen-bond acceptors (Lipinski definition) is 9. The van der Waals surface area contributed by atoms with E-state index in [-0.39, 0.29) is 11.1 Å². The zero-order valence-electron chi connectivity index (χ0n) is 15.7. The summed E-state index contributed by atoms with van der Waals surface area (Å²) >= 11 is 0. The summed E-state index contributed by atoms with van der Waals surface area (Å²) in [7, 11) is 0. The fourth-order valence-electron chi connectivity index (χ4n) is 4.98. The molecule has 1 unspecified atom stereocenters. The highest BCUT2D eigenvalue weighted by atomic mass is 16.4. The van der Waals surface area contributed by atoms with Gasteiger partial charge in [-0.2, -0.15) is 0 Å². The molecular formula is C20H19NO9. The number of Topliss-reactive ketones (excluding diaryl/α,β-unsaturated/α-hetero) is 2. The smallest absolute Gasteiger partial charge is 0.255 e. The van der Waals surface area contributed by atoms with Crippen molar-refractivity contribution >= 4 is 23.2 Å². The topological polar surface area (TPSA) is 199 Å². The lowest BCUT2D eigenvalue weighted by Crippen LogP contribution is -2.66. The van der Waals surface area contributed by atoms with Crippen molar-refractivity contribution in [2.75, 3.05) is 0 Å². The zero-order chi connectivity index (χ0) is 22.3. The number of aromatic hydroxyl groups is 1. The first-order valence-corrected chi connectivity index (χ1v) is 9.07. The Labute approximate surface area is 169 Å².